The maximum atomic E-state index is 12.1. The molecule has 1 atom stereocenters. The molecule has 19 heavy (non-hydrogen) atoms. The lowest BCUT2D eigenvalue weighted by molar-refractivity contribution is -0.126. The molecule has 0 aromatic carbocycles. The van der Waals surface area contributed by atoms with Crippen LogP contribution in [0.25, 0.3) is 0 Å². The van der Waals surface area contributed by atoms with Gasteiger partial charge in [0, 0.05) is 18.7 Å². The highest BCUT2D eigenvalue weighted by atomic mass is 16.3. The zero-order chi connectivity index (χ0) is 14.8. The molecule has 5 heteroatoms. The van der Waals surface area contributed by atoms with Gasteiger partial charge in [-0.25, -0.2) is 0 Å². The van der Waals surface area contributed by atoms with Gasteiger partial charge in [0.25, 0.3) is 0 Å². The predicted molar refractivity (Wildman–Crippen MR) is 74.9 cm³/mol. The molecule has 1 amide bonds. The molecule has 0 bridgehead atoms. The van der Waals surface area contributed by atoms with Gasteiger partial charge >= 0.3 is 0 Å². The second-order valence-corrected chi connectivity index (χ2v) is 5.91. The van der Waals surface area contributed by atoms with E-state index in [2.05, 4.69) is 10.4 Å². The first-order chi connectivity index (χ1) is 8.68. The number of carbonyl (C=O) groups is 1. The van der Waals surface area contributed by atoms with E-state index >= 15 is 0 Å². The largest absolute Gasteiger partial charge is 0.394 e. The zero-order valence-corrected chi connectivity index (χ0v) is 12.7. The van der Waals surface area contributed by atoms with Gasteiger partial charge < -0.3 is 10.4 Å². The third-order valence-corrected chi connectivity index (χ3v) is 3.47. The summed E-state index contributed by atoms with van der Waals surface area (Å²) in [6, 6.07) is 0. The monoisotopic (exact) mass is 267 g/mol. The molecule has 2 N–H and O–H groups in total. The van der Waals surface area contributed by atoms with Crippen LogP contribution in [0.1, 0.15) is 37.7 Å². The fourth-order valence-electron chi connectivity index (χ4n) is 2.01. The van der Waals surface area contributed by atoms with Crippen molar-refractivity contribution in [1.29, 1.82) is 0 Å². The molecule has 0 spiro atoms. The fourth-order valence-corrected chi connectivity index (χ4v) is 2.01. The number of carbonyl (C=O) groups excluding carboxylic acids is 1. The van der Waals surface area contributed by atoms with E-state index in [0.29, 0.717) is 6.42 Å². The summed E-state index contributed by atoms with van der Waals surface area (Å²) in [7, 11) is 1.91. The van der Waals surface area contributed by atoms with Crippen LogP contribution in [0.3, 0.4) is 0 Å². The molecule has 0 aliphatic carbocycles. The second kappa shape index (κ2) is 5.74. The van der Waals surface area contributed by atoms with E-state index in [4.69, 9.17) is 0 Å². The number of aryl methyl sites for hydroxylation is 2. The first-order valence-corrected chi connectivity index (χ1v) is 6.60. The van der Waals surface area contributed by atoms with Gasteiger partial charge in [-0.15, -0.1) is 0 Å². The fraction of sp³-hybridized carbons (Fsp3) is 0.714. The Labute approximate surface area is 115 Å². The van der Waals surface area contributed by atoms with E-state index in [9.17, 15) is 9.90 Å². The molecule has 5 nitrogen and oxygen atoms in total. The Kier molecular flexibility index (Phi) is 4.74. The number of amides is 1. The van der Waals surface area contributed by atoms with Crippen LogP contribution < -0.4 is 5.32 Å². The summed E-state index contributed by atoms with van der Waals surface area (Å²) >= 11 is 0. The first kappa shape index (κ1) is 15.7. The maximum absolute atomic E-state index is 12.1. The molecule has 0 aliphatic rings. The lowest BCUT2D eigenvalue weighted by atomic mass is 9.97. The minimum Gasteiger partial charge on any atom is -0.394 e. The summed E-state index contributed by atoms with van der Waals surface area (Å²) in [6.45, 7) is 9.41. The highest BCUT2D eigenvalue weighted by molar-refractivity contribution is 5.79. The van der Waals surface area contributed by atoms with E-state index in [1.807, 2.05) is 32.5 Å². The van der Waals surface area contributed by atoms with E-state index in [-0.39, 0.29) is 18.4 Å². The summed E-state index contributed by atoms with van der Waals surface area (Å²) < 4.78 is 1.84. The van der Waals surface area contributed by atoms with Crippen LogP contribution in [-0.4, -0.2) is 32.9 Å². The third kappa shape index (κ3) is 3.80. The lowest BCUT2D eigenvalue weighted by Crippen LogP contribution is -2.48. The van der Waals surface area contributed by atoms with Gasteiger partial charge in [0.1, 0.15) is 0 Å². The molecule has 1 heterocycles. The summed E-state index contributed by atoms with van der Waals surface area (Å²) in [5, 5.41) is 16.4. The molecule has 0 saturated heterocycles. The molecule has 1 aromatic rings. The maximum Gasteiger partial charge on any atom is 0.223 e. The average Bonchev–Trinajstić information content (AvgIpc) is 2.55. The van der Waals surface area contributed by atoms with Gasteiger partial charge in [0.2, 0.25) is 5.91 Å². The van der Waals surface area contributed by atoms with Gasteiger partial charge in [-0.1, -0.05) is 6.92 Å². The van der Waals surface area contributed by atoms with Gasteiger partial charge in [0.05, 0.1) is 17.8 Å². The summed E-state index contributed by atoms with van der Waals surface area (Å²) in [6.07, 6.45) is 0.666. The van der Waals surface area contributed by atoms with Crippen molar-refractivity contribution < 1.29 is 9.90 Å². The Bertz CT molecular complexity index is 464. The Morgan fingerprint density at radius 2 is 2.05 bits per heavy atom. The normalized spacial score (nSPS) is 13.4. The molecule has 108 valence electrons. The van der Waals surface area contributed by atoms with Crippen LogP contribution in [0, 0.1) is 19.8 Å². The minimum atomic E-state index is -0.579. The Morgan fingerprint density at radius 1 is 1.47 bits per heavy atom. The van der Waals surface area contributed by atoms with Crippen molar-refractivity contribution in [3.63, 3.8) is 0 Å². The quantitative estimate of drug-likeness (QED) is 0.839. The van der Waals surface area contributed by atoms with Crippen LogP contribution >= 0.6 is 0 Å². The van der Waals surface area contributed by atoms with E-state index in [0.717, 1.165) is 17.0 Å². The van der Waals surface area contributed by atoms with Crippen LogP contribution in [0.2, 0.25) is 0 Å². The number of aliphatic hydroxyl groups excluding tert-OH is 1. The first-order valence-electron chi connectivity index (χ1n) is 6.60. The number of hydrogen-bond acceptors (Lipinski definition) is 3. The SMILES string of the molecule is Cc1nn(C)c(C)c1CC(C)C(=O)NC(C)(C)CO. The molecule has 1 rings (SSSR count). The highest BCUT2D eigenvalue weighted by Crippen LogP contribution is 2.17. The van der Waals surface area contributed by atoms with Crippen molar-refractivity contribution in [2.75, 3.05) is 6.61 Å². The van der Waals surface area contributed by atoms with E-state index in [1.54, 1.807) is 13.8 Å². The zero-order valence-electron chi connectivity index (χ0n) is 12.7. The molecular formula is C14H25N3O2. The topological polar surface area (TPSA) is 67.2 Å². The Balaban J connectivity index is 2.74. The number of nitrogens with one attached hydrogen (secondary N) is 1. The standard InChI is InChI=1S/C14H25N3O2/c1-9(13(19)15-14(4,5)8-18)7-12-10(2)16-17(6)11(12)3/h9,18H,7-8H2,1-6H3,(H,15,19). The molecule has 1 unspecified atom stereocenters. The molecule has 0 aliphatic heterocycles. The van der Waals surface area contributed by atoms with Crippen molar-refractivity contribution in [1.82, 2.24) is 15.1 Å². The van der Waals surface area contributed by atoms with Gasteiger partial charge in [-0.2, -0.15) is 5.10 Å². The third-order valence-electron chi connectivity index (χ3n) is 3.47. The van der Waals surface area contributed by atoms with E-state index < -0.39 is 5.54 Å². The van der Waals surface area contributed by atoms with Crippen LogP contribution in [0.15, 0.2) is 0 Å². The Morgan fingerprint density at radius 3 is 2.47 bits per heavy atom. The van der Waals surface area contributed by atoms with Gasteiger partial charge in [-0.05, 0) is 39.7 Å². The molecular weight excluding hydrogens is 242 g/mol. The van der Waals surface area contributed by atoms with Gasteiger partial charge in [0.15, 0.2) is 0 Å². The van der Waals surface area contributed by atoms with Crippen LogP contribution in [-0.2, 0) is 18.3 Å². The number of rotatable bonds is 5. The summed E-state index contributed by atoms with van der Waals surface area (Å²) in [5.74, 6) is -0.186. The number of aliphatic hydroxyl groups is 1. The smallest absolute Gasteiger partial charge is 0.223 e. The second-order valence-electron chi connectivity index (χ2n) is 5.91. The molecule has 0 saturated carbocycles. The minimum absolute atomic E-state index is 0.0401. The molecule has 0 radical (unpaired) electrons. The predicted octanol–water partition coefficient (Wildman–Crippen LogP) is 1.10. The number of hydrogen-bond donors (Lipinski definition) is 2. The lowest BCUT2D eigenvalue weighted by Gasteiger charge is -2.25. The van der Waals surface area contributed by atoms with Crippen molar-refractivity contribution in [3.05, 3.63) is 17.0 Å². The van der Waals surface area contributed by atoms with Crippen molar-refractivity contribution >= 4 is 5.91 Å². The summed E-state index contributed by atoms with van der Waals surface area (Å²) in [5.41, 5.74) is 2.62. The molecule has 0 fully saturated rings. The molecule has 1 aromatic heterocycles. The number of nitrogens with zero attached hydrogens (tertiary/aromatic N) is 2. The summed E-state index contributed by atoms with van der Waals surface area (Å²) in [4.78, 5) is 12.1. The Hall–Kier alpha value is -1.36. The van der Waals surface area contributed by atoms with Crippen LogP contribution in [0.4, 0.5) is 0 Å². The average molecular weight is 267 g/mol. The number of aromatic nitrogens is 2. The van der Waals surface area contributed by atoms with E-state index in [1.165, 1.54) is 0 Å². The van der Waals surface area contributed by atoms with Crippen molar-refractivity contribution in [3.8, 4) is 0 Å². The van der Waals surface area contributed by atoms with Crippen molar-refractivity contribution in [2.45, 2.75) is 46.6 Å². The highest BCUT2D eigenvalue weighted by Gasteiger charge is 2.24. The van der Waals surface area contributed by atoms with Crippen LogP contribution in [0.5, 0.6) is 0 Å². The van der Waals surface area contributed by atoms with Crippen molar-refractivity contribution in [2.24, 2.45) is 13.0 Å². The van der Waals surface area contributed by atoms with Gasteiger partial charge in [-0.3, -0.25) is 9.48 Å².